The van der Waals surface area contributed by atoms with Crippen LogP contribution in [0.1, 0.15) is 5.56 Å². The summed E-state index contributed by atoms with van der Waals surface area (Å²) in [5.74, 6) is -0.0727. The Kier molecular flexibility index (Phi) is 3.30. The molecule has 1 aromatic carbocycles. The van der Waals surface area contributed by atoms with Gasteiger partial charge in [-0.3, -0.25) is 0 Å². The predicted octanol–water partition coefficient (Wildman–Crippen LogP) is 1.17. The van der Waals surface area contributed by atoms with E-state index in [1.807, 2.05) is 6.07 Å². The summed E-state index contributed by atoms with van der Waals surface area (Å²) in [5, 5.41) is 5.44. The van der Waals surface area contributed by atoms with Gasteiger partial charge in [-0.05, 0) is 18.1 Å². The third kappa shape index (κ3) is 3.76. The van der Waals surface area contributed by atoms with Crippen molar-refractivity contribution in [2.24, 2.45) is 5.14 Å². The van der Waals surface area contributed by atoms with E-state index in [1.54, 1.807) is 18.2 Å². The van der Waals surface area contributed by atoms with Gasteiger partial charge in [0.25, 0.3) is 0 Å². The van der Waals surface area contributed by atoms with Crippen LogP contribution in [0.2, 0.25) is 5.02 Å². The Morgan fingerprint density at radius 1 is 1.31 bits per heavy atom. The summed E-state index contributed by atoms with van der Waals surface area (Å²) < 4.78 is 21.3. The number of primary sulfonamides is 1. The van der Waals surface area contributed by atoms with Crippen LogP contribution in [-0.2, 0) is 16.4 Å². The number of benzene rings is 1. The lowest BCUT2D eigenvalue weighted by Gasteiger charge is -2.01. The molecule has 0 saturated carbocycles. The van der Waals surface area contributed by atoms with E-state index < -0.39 is 10.0 Å². The number of halogens is 1. The van der Waals surface area contributed by atoms with Crippen LogP contribution in [0.5, 0.6) is 0 Å². The quantitative estimate of drug-likeness (QED) is 0.830. The van der Waals surface area contributed by atoms with Gasteiger partial charge in [-0.1, -0.05) is 29.8 Å². The van der Waals surface area contributed by atoms with Crippen molar-refractivity contribution in [3.05, 3.63) is 34.9 Å². The molecule has 1 rings (SSSR count). The van der Waals surface area contributed by atoms with Crippen LogP contribution in [0, 0.1) is 0 Å². The Morgan fingerprint density at radius 2 is 1.92 bits per heavy atom. The molecule has 0 fully saturated rings. The van der Waals surface area contributed by atoms with Crippen LogP contribution in [0.15, 0.2) is 24.3 Å². The molecule has 0 amide bonds. The maximum absolute atomic E-state index is 10.7. The summed E-state index contributed by atoms with van der Waals surface area (Å²) in [6.45, 7) is 0. The highest BCUT2D eigenvalue weighted by Crippen LogP contribution is 2.15. The average molecular weight is 220 g/mol. The fraction of sp³-hybridized carbons (Fsp3) is 0.250. The van der Waals surface area contributed by atoms with Crippen LogP contribution < -0.4 is 5.14 Å². The first-order chi connectivity index (χ1) is 5.99. The molecule has 0 unspecified atom stereocenters. The molecule has 72 valence electrons. The molecule has 0 aliphatic heterocycles. The van der Waals surface area contributed by atoms with Crippen LogP contribution in [0.25, 0.3) is 0 Å². The largest absolute Gasteiger partial charge is 0.229 e. The van der Waals surface area contributed by atoms with E-state index in [0.29, 0.717) is 11.4 Å². The maximum atomic E-state index is 10.7. The summed E-state index contributed by atoms with van der Waals surface area (Å²) in [6, 6.07) is 7.11. The van der Waals surface area contributed by atoms with Crippen molar-refractivity contribution in [2.75, 3.05) is 5.75 Å². The van der Waals surface area contributed by atoms with Gasteiger partial charge < -0.3 is 0 Å². The van der Waals surface area contributed by atoms with Crippen molar-refractivity contribution >= 4 is 21.6 Å². The summed E-state index contributed by atoms with van der Waals surface area (Å²) in [7, 11) is -3.40. The topological polar surface area (TPSA) is 60.2 Å². The second kappa shape index (κ2) is 4.09. The van der Waals surface area contributed by atoms with Crippen LogP contribution in [-0.4, -0.2) is 14.2 Å². The molecule has 1 aromatic rings. The highest BCUT2D eigenvalue weighted by Gasteiger charge is 2.05. The van der Waals surface area contributed by atoms with Gasteiger partial charge in [0.05, 0.1) is 5.75 Å². The first-order valence-corrected chi connectivity index (χ1v) is 5.82. The Hall–Kier alpha value is -0.580. The molecular weight excluding hydrogens is 210 g/mol. The van der Waals surface area contributed by atoms with Gasteiger partial charge in [-0.2, -0.15) is 0 Å². The number of rotatable bonds is 3. The molecule has 0 saturated heterocycles. The first kappa shape index (κ1) is 10.5. The normalized spacial score (nSPS) is 11.5. The fourth-order valence-corrected chi connectivity index (χ4v) is 1.69. The Labute approximate surface area is 82.6 Å². The molecule has 0 radical (unpaired) electrons. The third-order valence-electron chi connectivity index (χ3n) is 1.61. The standard InChI is InChI=1S/C8H10ClNO2S/c9-8-4-2-1-3-7(8)5-6-13(10,11)12/h1-4H,5-6H2,(H2,10,11,12). The van der Waals surface area contributed by atoms with Gasteiger partial charge in [0.2, 0.25) is 10.0 Å². The third-order valence-corrected chi connectivity index (χ3v) is 2.76. The minimum atomic E-state index is -3.40. The van der Waals surface area contributed by atoms with Crippen molar-refractivity contribution < 1.29 is 8.42 Å². The van der Waals surface area contributed by atoms with Gasteiger partial charge in [0.1, 0.15) is 0 Å². The lowest BCUT2D eigenvalue weighted by atomic mass is 10.2. The lowest BCUT2D eigenvalue weighted by Crippen LogP contribution is -2.18. The van der Waals surface area contributed by atoms with E-state index in [2.05, 4.69) is 0 Å². The maximum Gasteiger partial charge on any atom is 0.209 e. The highest BCUT2D eigenvalue weighted by atomic mass is 35.5. The number of nitrogens with two attached hydrogens (primary N) is 1. The minimum Gasteiger partial charge on any atom is -0.229 e. The average Bonchev–Trinajstić information content (AvgIpc) is 2.01. The summed E-state index contributed by atoms with van der Waals surface area (Å²) >= 11 is 5.82. The smallest absolute Gasteiger partial charge is 0.209 e. The molecule has 0 aliphatic carbocycles. The molecule has 13 heavy (non-hydrogen) atoms. The molecule has 3 nitrogen and oxygen atoms in total. The Morgan fingerprint density at radius 3 is 2.46 bits per heavy atom. The zero-order chi connectivity index (χ0) is 9.90. The minimum absolute atomic E-state index is 0.0727. The lowest BCUT2D eigenvalue weighted by molar-refractivity contribution is 0.597. The van der Waals surface area contributed by atoms with E-state index >= 15 is 0 Å². The molecule has 2 N–H and O–H groups in total. The van der Waals surface area contributed by atoms with Crippen molar-refractivity contribution in [1.29, 1.82) is 0 Å². The van der Waals surface area contributed by atoms with Crippen molar-refractivity contribution in [2.45, 2.75) is 6.42 Å². The Balaban J connectivity index is 2.71. The first-order valence-electron chi connectivity index (χ1n) is 3.73. The zero-order valence-corrected chi connectivity index (χ0v) is 8.48. The van der Waals surface area contributed by atoms with Gasteiger partial charge in [0.15, 0.2) is 0 Å². The van der Waals surface area contributed by atoms with E-state index in [9.17, 15) is 8.42 Å². The van der Waals surface area contributed by atoms with Crippen molar-refractivity contribution in [1.82, 2.24) is 0 Å². The second-order valence-electron chi connectivity index (χ2n) is 2.71. The molecule has 5 heteroatoms. The van der Waals surface area contributed by atoms with Crippen LogP contribution in [0.3, 0.4) is 0 Å². The van der Waals surface area contributed by atoms with Crippen LogP contribution >= 0.6 is 11.6 Å². The molecule has 0 bridgehead atoms. The van der Waals surface area contributed by atoms with Crippen LogP contribution in [0.4, 0.5) is 0 Å². The Bertz CT molecular complexity index is 389. The van der Waals surface area contributed by atoms with E-state index in [1.165, 1.54) is 0 Å². The summed E-state index contributed by atoms with van der Waals surface area (Å²) in [5.41, 5.74) is 0.804. The van der Waals surface area contributed by atoms with E-state index in [4.69, 9.17) is 16.7 Å². The van der Waals surface area contributed by atoms with Crippen molar-refractivity contribution in [3.63, 3.8) is 0 Å². The second-order valence-corrected chi connectivity index (χ2v) is 4.85. The summed E-state index contributed by atoms with van der Waals surface area (Å²) in [6.07, 6.45) is 0.360. The zero-order valence-electron chi connectivity index (χ0n) is 6.90. The monoisotopic (exact) mass is 219 g/mol. The highest BCUT2D eigenvalue weighted by molar-refractivity contribution is 7.89. The molecule has 0 aromatic heterocycles. The summed E-state index contributed by atoms with van der Waals surface area (Å²) in [4.78, 5) is 0. The SMILES string of the molecule is NS(=O)(=O)CCc1ccccc1Cl. The van der Waals surface area contributed by atoms with E-state index in [-0.39, 0.29) is 5.75 Å². The number of hydrogen-bond donors (Lipinski definition) is 1. The van der Waals surface area contributed by atoms with Gasteiger partial charge >= 0.3 is 0 Å². The molecule has 0 aliphatic rings. The van der Waals surface area contributed by atoms with Gasteiger partial charge in [-0.15, -0.1) is 0 Å². The molecule has 0 atom stereocenters. The number of hydrogen-bond acceptors (Lipinski definition) is 2. The van der Waals surface area contributed by atoms with E-state index in [0.717, 1.165) is 5.56 Å². The molecule has 0 heterocycles. The molecular formula is C8H10ClNO2S. The number of sulfonamides is 1. The predicted molar refractivity (Wildman–Crippen MR) is 53.1 cm³/mol. The van der Waals surface area contributed by atoms with Gasteiger partial charge in [-0.25, -0.2) is 13.6 Å². The number of aryl methyl sites for hydroxylation is 1. The van der Waals surface area contributed by atoms with Gasteiger partial charge in [0, 0.05) is 5.02 Å². The molecule has 0 spiro atoms. The fourth-order valence-electron chi connectivity index (χ4n) is 0.953. The van der Waals surface area contributed by atoms with Crippen molar-refractivity contribution in [3.8, 4) is 0 Å².